The lowest BCUT2D eigenvalue weighted by atomic mass is 10.0. The summed E-state index contributed by atoms with van der Waals surface area (Å²) in [6.07, 6.45) is 6.24. The number of nitrogens with zero attached hydrogens (tertiary/aromatic N) is 2. The Hall–Kier alpha value is -1.13. The van der Waals surface area contributed by atoms with Gasteiger partial charge in [-0.25, -0.2) is 8.42 Å². The van der Waals surface area contributed by atoms with Crippen molar-refractivity contribution in [2.24, 2.45) is 0 Å². The van der Waals surface area contributed by atoms with Gasteiger partial charge >= 0.3 is 5.97 Å². The second kappa shape index (κ2) is 10.8. The summed E-state index contributed by atoms with van der Waals surface area (Å²) in [5.74, 6) is -1.15. The molecule has 2 aliphatic rings. The van der Waals surface area contributed by atoms with Crippen molar-refractivity contribution >= 4 is 27.8 Å². The van der Waals surface area contributed by atoms with Crippen LogP contribution in [0.2, 0.25) is 0 Å². The molecule has 7 nitrogen and oxygen atoms in total. The summed E-state index contributed by atoms with van der Waals surface area (Å²) in [7, 11) is -3.86. The van der Waals surface area contributed by atoms with E-state index < -0.39 is 22.5 Å². The van der Waals surface area contributed by atoms with E-state index in [4.69, 9.17) is 4.74 Å². The number of carboxylic acid groups (broad SMARTS) is 1. The number of carbonyl (C=O) groups is 1. The molecule has 1 aromatic carbocycles. The molecule has 162 valence electrons. The molecule has 1 aromatic rings. The molecule has 0 radical (unpaired) electrons. The first-order valence-electron chi connectivity index (χ1n) is 10.2. The van der Waals surface area contributed by atoms with Crippen LogP contribution in [0.3, 0.4) is 0 Å². The SMILES string of the molecule is O=C(O)CN(CCN1CCOCC1)S(=O)(=O)c1ccc(SC2CCCCC2)cc1. The van der Waals surface area contributed by atoms with Crippen molar-refractivity contribution < 1.29 is 23.1 Å². The monoisotopic (exact) mass is 442 g/mol. The average Bonchev–Trinajstić information content (AvgIpc) is 2.73. The standard InChI is InChI=1S/C20H30N2O5S2/c23-20(24)16-22(11-10-21-12-14-27-15-13-21)29(25,26)19-8-6-18(7-9-19)28-17-4-2-1-3-5-17/h6-9,17H,1-5,10-16H2,(H,23,24). The molecule has 1 aliphatic heterocycles. The average molecular weight is 443 g/mol. The number of ether oxygens (including phenoxy) is 1. The highest BCUT2D eigenvalue weighted by molar-refractivity contribution is 8.00. The zero-order valence-corrected chi connectivity index (χ0v) is 18.3. The van der Waals surface area contributed by atoms with Gasteiger partial charge in [-0.05, 0) is 37.1 Å². The first-order valence-corrected chi connectivity index (χ1v) is 12.6. The summed E-state index contributed by atoms with van der Waals surface area (Å²) >= 11 is 1.81. The van der Waals surface area contributed by atoms with Crippen LogP contribution in [-0.4, -0.2) is 79.9 Å². The van der Waals surface area contributed by atoms with Crippen molar-refractivity contribution in [1.29, 1.82) is 0 Å². The highest BCUT2D eigenvalue weighted by atomic mass is 32.2. The number of hydrogen-bond donors (Lipinski definition) is 1. The molecular formula is C20H30N2O5S2. The topological polar surface area (TPSA) is 87.2 Å². The maximum Gasteiger partial charge on any atom is 0.318 e. The largest absolute Gasteiger partial charge is 0.480 e. The van der Waals surface area contributed by atoms with Crippen molar-refractivity contribution in [3.05, 3.63) is 24.3 Å². The molecule has 1 heterocycles. The molecule has 3 rings (SSSR count). The van der Waals surface area contributed by atoms with E-state index in [9.17, 15) is 18.3 Å². The van der Waals surface area contributed by atoms with Gasteiger partial charge in [-0.2, -0.15) is 4.31 Å². The number of morpholine rings is 1. The molecule has 0 unspecified atom stereocenters. The molecule has 29 heavy (non-hydrogen) atoms. The van der Waals surface area contributed by atoms with Gasteiger partial charge in [0, 0.05) is 36.3 Å². The van der Waals surface area contributed by atoms with Crippen LogP contribution in [0.25, 0.3) is 0 Å². The smallest absolute Gasteiger partial charge is 0.318 e. The highest BCUT2D eigenvalue weighted by Gasteiger charge is 2.27. The summed E-state index contributed by atoms with van der Waals surface area (Å²) in [6, 6.07) is 6.88. The van der Waals surface area contributed by atoms with Gasteiger partial charge in [0.25, 0.3) is 0 Å². The number of sulfonamides is 1. The minimum atomic E-state index is -3.86. The minimum Gasteiger partial charge on any atom is -0.480 e. The normalized spacial score (nSPS) is 19.5. The molecule has 0 atom stereocenters. The maximum absolute atomic E-state index is 13.1. The molecule has 9 heteroatoms. The number of aliphatic carboxylic acids is 1. The maximum atomic E-state index is 13.1. The van der Waals surface area contributed by atoms with Gasteiger partial charge in [-0.15, -0.1) is 11.8 Å². The fourth-order valence-corrected chi connectivity index (χ4v) is 6.36. The Labute approximate surface area is 177 Å². The molecule has 0 amide bonds. The van der Waals surface area contributed by atoms with Crippen molar-refractivity contribution in [1.82, 2.24) is 9.21 Å². The minimum absolute atomic E-state index is 0.146. The lowest BCUT2D eigenvalue weighted by Crippen LogP contribution is -2.44. The summed E-state index contributed by atoms with van der Waals surface area (Å²) in [5.41, 5.74) is 0. The van der Waals surface area contributed by atoms with E-state index in [0.29, 0.717) is 25.0 Å². The highest BCUT2D eigenvalue weighted by Crippen LogP contribution is 2.34. The number of rotatable bonds is 9. The van der Waals surface area contributed by atoms with Crippen LogP contribution >= 0.6 is 11.8 Å². The third kappa shape index (κ3) is 6.68. The van der Waals surface area contributed by atoms with E-state index in [1.54, 1.807) is 12.1 Å². The predicted molar refractivity (Wildman–Crippen MR) is 113 cm³/mol. The van der Waals surface area contributed by atoms with E-state index in [-0.39, 0.29) is 11.4 Å². The van der Waals surface area contributed by atoms with Gasteiger partial charge in [0.2, 0.25) is 10.0 Å². The Balaban J connectivity index is 1.66. The van der Waals surface area contributed by atoms with Crippen molar-refractivity contribution in [3.8, 4) is 0 Å². The Kier molecular flexibility index (Phi) is 8.37. The Bertz CT molecular complexity index is 758. The molecule has 1 aliphatic carbocycles. The molecule has 0 bridgehead atoms. The quantitative estimate of drug-likeness (QED) is 0.629. The van der Waals surface area contributed by atoms with E-state index in [1.807, 2.05) is 23.9 Å². The molecule has 1 saturated heterocycles. The lowest BCUT2D eigenvalue weighted by molar-refractivity contribution is -0.137. The number of benzene rings is 1. The van der Waals surface area contributed by atoms with Gasteiger partial charge < -0.3 is 9.84 Å². The van der Waals surface area contributed by atoms with Crippen LogP contribution < -0.4 is 0 Å². The Morgan fingerprint density at radius 2 is 1.79 bits per heavy atom. The molecule has 0 spiro atoms. The fourth-order valence-electron chi connectivity index (χ4n) is 3.73. The van der Waals surface area contributed by atoms with Crippen LogP contribution in [0.5, 0.6) is 0 Å². The van der Waals surface area contributed by atoms with Gasteiger partial charge in [0.15, 0.2) is 0 Å². The first kappa shape index (κ1) is 22.6. The number of hydrogen-bond acceptors (Lipinski definition) is 6. The second-order valence-electron chi connectivity index (χ2n) is 7.54. The van der Waals surface area contributed by atoms with Crippen LogP contribution in [0.4, 0.5) is 0 Å². The Morgan fingerprint density at radius 3 is 2.41 bits per heavy atom. The van der Waals surface area contributed by atoms with Crippen LogP contribution in [0, 0.1) is 0 Å². The molecule has 1 N–H and O–H groups in total. The van der Waals surface area contributed by atoms with E-state index in [0.717, 1.165) is 22.3 Å². The summed E-state index contributed by atoms with van der Waals surface area (Å²) in [5, 5.41) is 9.81. The molecular weight excluding hydrogens is 412 g/mol. The van der Waals surface area contributed by atoms with Crippen LogP contribution in [0.1, 0.15) is 32.1 Å². The van der Waals surface area contributed by atoms with E-state index >= 15 is 0 Å². The third-order valence-corrected chi connectivity index (χ3v) is 8.61. The van der Waals surface area contributed by atoms with Crippen molar-refractivity contribution in [3.63, 3.8) is 0 Å². The second-order valence-corrected chi connectivity index (χ2v) is 10.8. The van der Waals surface area contributed by atoms with Gasteiger partial charge in [-0.1, -0.05) is 19.3 Å². The summed E-state index contributed by atoms with van der Waals surface area (Å²) in [6.45, 7) is 2.80. The van der Waals surface area contributed by atoms with Gasteiger partial charge in [0.05, 0.1) is 18.1 Å². The lowest BCUT2D eigenvalue weighted by Gasteiger charge is -2.29. The summed E-state index contributed by atoms with van der Waals surface area (Å²) < 4.78 is 32.5. The molecule has 1 saturated carbocycles. The van der Waals surface area contributed by atoms with Crippen LogP contribution in [0.15, 0.2) is 34.1 Å². The fraction of sp³-hybridized carbons (Fsp3) is 0.650. The predicted octanol–water partition coefficient (Wildman–Crippen LogP) is 2.52. The summed E-state index contributed by atoms with van der Waals surface area (Å²) in [4.78, 5) is 14.6. The zero-order valence-electron chi connectivity index (χ0n) is 16.7. The van der Waals surface area contributed by atoms with E-state index in [1.165, 1.54) is 32.1 Å². The van der Waals surface area contributed by atoms with Crippen molar-refractivity contribution in [2.75, 3.05) is 45.9 Å². The van der Waals surface area contributed by atoms with Crippen LogP contribution in [-0.2, 0) is 19.6 Å². The Morgan fingerprint density at radius 1 is 1.14 bits per heavy atom. The molecule has 0 aromatic heterocycles. The molecule has 2 fully saturated rings. The first-order chi connectivity index (χ1) is 13.9. The van der Waals surface area contributed by atoms with Gasteiger partial charge in [-0.3, -0.25) is 9.69 Å². The van der Waals surface area contributed by atoms with Gasteiger partial charge in [0.1, 0.15) is 6.54 Å². The third-order valence-electron chi connectivity index (χ3n) is 5.40. The van der Waals surface area contributed by atoms with Crippen molar-refractivity contribution in [2.45, 2.75) is 47.1 Å². The number of thioether (sulfide) groups is 1. The van der Waals surface area contributed by atoms with E-state index in [2.05, 4.69) is 4.90 Å². The number of carboxylic acids is 1. The zero-order chi connectivity index (χ0) is 20.7.